The quantitative estimate of drug-likeness (QED) is 0.406. The number of likely N-dealkylation sites (N-methyl/N-ethyl adjacent to an activating group) is 1. The summed E-state index contributed by atoms with van der Waals surface area (Å²) in [5.74, 6) is 2.47. The van der Waals surface area contributed by atoms with Crippen molar-refractivity contribution in [1.29, 1.82) is 0 Å². The molecule has 0 aliphatic carbocycles. The molecule has 1 atom stereocenters. The average Bonchev–Trinajstić information content (AvgIpc) is 2.82. The van der Waals surface area contributed by atoms with Gasteiger partial charge in [-0.3, -0.25) is 4.90 Å². The van der Waals surface area contributed by atoms with Crippen LogP contribution >= 0.6 is 0 Å². The first kappa shape index (κ1) is 24.2. The van der Waals surface area contributed by atoms with Gasteiger partial charge in [-0.15, -0.1) is 0 Å². The summed E-state index contributed by atoms with van der Waals surface area (Å²) in [6.07, 6.45) is 3.47. The number of aryl methyl sites for hydroxylation is 1. The Morgan fingerprint density at radius 3 is 1.75 bits per heavy atom. The minimum absolute atomic E-state index is 0.570. The van der Waals surface area contributed by atoms with Crippen LogP contribution in [-0.4, -0.2) is 38.8 Å². The van der Waals surface area contributed by atoms with Crippen LogP contribution < -0.4 is 14.2 Å². The van der Waals surface area contributed by atoms with E-state index in [2.05, 4.69) is 63.8 Å². The molecule has 0 fully saturated rings. The fourth-order valence-electron chi connectivity index (χ4n) is 4.94. The van der Waals surface area contributed by atoms with Gasteiger partial charge in [-0.1, -0.05) is 34.1 Å². The molecule has 0 spiro atoms. The Labute approximate surface area is 193 Å². The van der Waals surface area contributed by atoms with Crippen molar-refractivity contribution in [3.8, 4) is 17.2 Å². The summed E-state index contributed by atoms with van der Waals surface area (Å²) in [6.45, 7) is 13.0. The molecule has 3 aromatic rings. The Morgan fingerprint density at radius 1 is 0.750 bits per heavy atom. The van der Waals surface area contributed by atoms with Crippen LogP contribution in [0, 0.1) is 6.92 Å². The molecule has 32 heavy (non-hydrogen) atoms. The van der Waals surface area contributed by atoms with Gasteiger partial charge >= 0.3 is 0 Å². The Kier molecular flexibility index (Phi) is 7.89. The van der Waals surface area contributed by atoms with Crippen molar-refractivity contribution in [2.24, 2.45) is 0 Å². The van der Waals surface area contributed by atoms with Crippen LogP contribution in [0.15, 0.2) is 24.3 Å². The van der Waals surface area contributed by atoms with E-state index in [1.807, 2.05) is 0 Å². The van der Waals surface area contributed by atoms with Crippen LogP contribution in [-0.2, 0) is 13.0 Å². The molecular weight excluding hydrogens is 398 g/mol. The highest BCUT2D eigenvalue weighted by Gasteiger charge is 2.28. The smallest absolute Gasteiger partial charge is 0.161 e. The molecule has 174 valence electrons. The monoisotopic (exact) mass is 437 g/mol. The molecule has 0 saturated carbocycles. The number of methoxy groups -OCH3 is 3. The van der Waals surface area contributed by atoms with Gasteiger partial charge in [0.05, 0.1) is 21.3 Å². The zero-order valence-corrected chi connectivity index (χ0v) is 21.1. The van der Waals surface area contributed by atoms with Gasteiger partial charge in [0.25, 0.3) is 0 Å². The standard InChI is InChI=1S/C25H31NO3.C3H8/c1-7-16-10-18-20-12-24(28-5)25(29-6)13-21(20)19-11-23(27-4)15(3)9-17(19)22(18)14-26(16)8-2;1-3-2/h9,11-13,16H,7-8,10,14H2,1-6H3;3H2,1-2H3. The molecule has 3 aromatic carbocycles. The van der Waals surface area contributed by atoms with Crippen molar-refractivity contribution in [2.45, 2.75) is 66.5 Å². The van der Waals surface area contributed by atoms with Crippen LogP contribution in [0.25, 0.3) is 21.5 Å². The van der Waals surface area contributed by atoms with E-state index in [0.29, 0.717) is 6.04 Å². The molecule has 0 saturated heterocycles. The molecule has 0 radical (unpaired) electrons. The number of hydrogen-bond donors (Lipinski definition) is 0. The van der Waals surface area contributed by atoms with Crippen molar-refractivity contribution < 1.29 is 14.2 Å². The molecular formula is C28H39NO3. The van der Waals surface area contributed by atoms with Crippen molar-refractivity contribution in [3.63, 3.8) is 0 Å². The second kappa shape index (κ2) is 10.4. The van der Waals surface area contributed by atoms with E-state index in [-0.39, 0.29) is 0 Å². The summed E-state index contributed by atoms with van der Waals surface area (Å²) in [4.78, 5) is 2.61. The summed E-state index contributed by atoms with van der Waals surface area (Å²) in [6, 6.07) is 9.33. The molecule has 1 unspecified atom stereocenters. The predicted octanol–water partition coefficient (Wildman–Crippen LogP) is 6.90. The van der Waals surface area contributed by atoms with Crippen LogP contribution in [0.4, 0.5) is 0 Å². The van der Waals surface area contributed by atoms with E-state index in [1.54, 1.807) is 21.3 Å². The lowest BCUT2D eigenvalue weighted by Gasteiger charge is -2.37. The molecule has 1 heterocycles. The SMILES string of the molecule is CCC.CCC1Cc2c(c3cc(C)c(OC)cc3c3cc(OC)c(OC)cc23)CN1CC. The van der Waals surface area contributed by atoms with E-state index in [9.17, 15) is 0 Å². The van der Waals surface area contributed by atoms with Gasteiger partial charge in [-0.25, -0.2) is 0 Å². The lowest BCUT2D eigenvalue weighted by Crippen LogP contribution is -2.39. The molecule has 1 aliphatic heterocycles. The lowest BCUT2D eigenvalue weighted by molar-refractivity contribution is 0.178. The van der Waals surface area contributed by atoms with Gasteiger partial charge in [0.2, 0.25) is 0 Å². The first-order valence-electron chi connectivity index (χ1n) is 11.9. The van der Waals surface area contributed by atoms with Gasteiger partial charge in [0.1, 0.15) is 5.75 Å². The first-order valence-corrected chi connectivity index (χ1v) is 11.9. The normalized spacial score (nSPS) is 15.8. The first-order chi connectivity index (χ1) is 15.5. The third-order valence-electron chi connectivity index (χ3n) is 6.56. The maximum absolute atomic E-state index is 5.66. The summed E-state index contributed by atoms with van der Waals surface area (Å²) in [5.41, 5.74) is 4.06. The minimum atomic E-state index is 0.570. The largest absolute Gasteiger partial charge is 0.496 e. The summed E-state index contributed by atoms with van der Waals surface area (Å²) < 4.78 is 16.9. The molecule has 0 N–H and O–H groups in total. The summed E-state index contributed by atoms with van der Waals surface area (Å²) in [7, 11) is 5.14. The fraction of sp³-hybridized carbons (Fsp3) is 0.500. The van der Waals surface area contributed by atoms with E-state index in [4.69, 9.17) is 14.2 Å². The molecule has 1 aliphatic rings. The van der Waals surface area contributed by atoms with Crippen molar-refractivity contribution in [1.82, 2.24) is 4.90 Å². The second-order valence-corrected chi connectivity index (χ2v) is 8.61. The summed E-state index contributed by atoms with van der Waals surface area (Å²) >= 11 is 0. The zero-order chi connectivity index (χ0) is 23.4. The fourth-order valence-corrected chi connectivity index (χ4v) is 4.94. The Bertz CT molecular complexity index is 1090. The molecule has 4 nitrogen and oxygen atoms in total. The van der Waals surface area contributed by atoms with E-state index >= 15 is 0 Å². The summed E-state index contributed by atoms with van der Waals surface area (Å²) in [5, 5.41) is 5.01. The van der Waals surface area contributed by atoms with Gasteiger partial charge in [0, 0.05) is 12.6 Å². The minimum Gasteiger partial charge on any atom is -0.496 e. The maximum Gasteiger partial charge on any atom is 0.161 e. The van der Waals surface area contributed by atoms with Gasteiger partial charge < -0.3 is 14.2 Å². The number of benzene rings is 3. The Morgan fingerprint density at radius 2 is 1.25 bits per heavy atom. The predicted molar refractivity (Wildman–Crippen MR) is 136 cm³/mol. The highest BCUT2D eigenvalue weighted by Crippen LogP contribution is 2.44. The van der Waals surface area contributed by atoms with Gasteiger partial charge in [0.15, 0.2) is 11.5 Å². The topological polar surface area (TPSA) is 30.9 Å². The molecule has 0 bridgehead atoms. The van der Waals surface area contributed by atoms with Gasteiger partial charge in [-0.05, 0) is 88.8 Å². The van der Waals surface area contributed by atoms with Gasteiger partial charge in [-0.2, -0.15) is 0 Å². The van der Waals surface area contributed by atoms with Crippen LogP contribution in [0.3, 0.4) is 0 Å². The molecule has 4 rings (SSSR count). The number of hydrogen-bond acceptors (Lipinski definition) is 4. The third-order valence-corrected chi connectivity index (χ3v) is 6.56. The van der Waals surface area contributed by atoms with Crippen molar-refractivity contribution >= 4 is 21.5 Å². The number of ether oxygens (including phenoxy) is 3. The number of fused-ring (bicyclic) bond motifs is 6. The van der Waals surface area contributed by atoms with Crippen LogP contribution in [0.1, 0.15) is 57.2 Å². The lowest BCUT2D eigenvalue weighted by atomic mass is 9.84. The van der Waals surface area contributed by atoms with Crippen LogP contribution in [0.5, 0.6) is 17.2 Å². The number of nitrogens with zero attached hydrogens (tertiary/aromatic N) is 1. The molecule has 0 amide bonds. The number of rotatable bonds is 5. The van der Waals surface area contributed by atoms with Crippen molar-refractivity contribution in [3.05, 3.63) is 41.0 Å². The molecule has 4 heteroatoms. The molecule has 0 aromatic heterocycles. The zero-order valence-electron chi connectivity index (χ0n) is 21.1. The highest BCUT2D eigenvalue weighted by molar-refractivity contribution is 6.12. The average molecular weight is 438 g/mol. The maximum atomic E-state index is 5.66. The van der Waals surface area contributed by atoms with E-state index < -0.39 is 0 Å². The van der Waals surface area contributed by atoms with Crippen LogP contribution in [0.2, 0.25) is 0 Å². The van der Waals surface area contributed by atoms with Crippen molar-refractivity contribution in [2.75, 3.05) is 27.9 Å². The highest BCUT2D eigenvalue weighted by atomic mass is 16.5. The Balaban J connectivity index is 0.000000913. The third kappa shape index (κ3) is 4.25. The van der Waals surface area contributed by atoms with E-state index in [0.717, 1.165) is 43.2 Å². The van der Waals surface area contributed by atoms with E-state index in [1.165, 1.54) is 44.7 Å². The Hall–Kier alpha value is -2.46. The second-order valence-electron chi connectivity index (χ2n) is 8.61.